The molecule has 1 heterocycles. The molecule has 2 nitrogen and oxygen atoms in total. The van der Waals surface area contributed by atoms with Crippen LogP contribution in [0.2, 0.25) is 0 Å². The highest BCUT2D eigenvalue weighted by atomic mass is 19.3. The Kier molecular flexibility index (Phi) is 4.93. The lowest BCUT2D eigenvalue weighted by Crippen LogP contribution is -2.24. The lowest BCUT2D eigenvalue weighted by Gasteiger charge is -2.17. The van der Waals surface area contributed by atoms with Crippen LogP contribution in [0.15, 0.2) is 0 Å². The Morgan fingerprint density at radius 3 is 2.80 bits per heavy atom. The van der Waals surface area contributed by atoms with Crippen LogP contribution in [0.25, 0.3) is 0 Å². The van der Waals surface area contributed by atoms with Gasteiger partial charge in [0.25, 0.3) is 0 Å². The van der Waals surface area contributed by atoms with Crippen molar-refractivity contribution >= 4 is 0 Å². The molecule has 1 aliphatic rings. The Morgan fingerprint density at radius 1 is 1.47 bits per heavy atom. The van der Waals surface area contributed by atoms with Crippen LogP contribution >= 0.6 is 0 Å². The van der Waals surface area contributed by atoms with Gasteiger partial charge in [-0.3, -0.25) is 0 Å². The number of β-amino-alcohol motifs (C(OH)–C–C–N with tert-alkyl or cyclic N) is 1. The number of nitrogens with zero attached hydrogens (tertiary/aromatic N) is 1. The Labute approximate surface area is 90.3 Å². The summed E-state index contributed by atoms with van der Waals surface area (Å²) < 4.78 is 26.0. The fraction of sp³-hybridized carbons (Fsp3) is 1.00. The van der Waals surface area contributed by atoms with Crippen molar-refractivity contribution in [2.24, 2.45) is 5.92 Å². The second kappa shape index (κ2) is 5.75. The SMILES string of the molecule is CCC(F)(F)CCC1CCN(CCO)C1. The van der Waals surface area contributed by atoms with E-state index < -0.39 is 5.92 Å². The molecule has 0 bridgehead atoms. The van der Waals surface area contributed by atoms with Gasteiger partial charge in [-0.2, -0.15) is 0 Å². The quantitative estimate of drug-likeness (QED) is 0.742. The molecular weight excluding hydrogens is 200 g/mol. The second-order valence-corrected chi connectivity index (χ2v) is 4.43. The average molecular weight is 221 g/mol. The molecule has 1 rings (SSSR count). The number of hydrogen-bond acceptors (Lipinski definition) is 2. The fourth-order valence-electron chi connectivity index (χ4n) is 2.09. The largest absolute Gasteiger partial charge is 0.395 e. The van der Waals surface area contributed by atoms with Crippen molar-refractivity contribution in [1.29, 1.82) is 0 Å². The molecule has 0 aromatic carbocycles. The normalized spacial score (nSPS) is 23.6. The van der Waals surface area contributed by atoms with Gasteiger partial charge in [-0.05, 0) is 25.3 Å². The fourth-order valence-corrected chi connectivity index (χ4v) is 2.09. The summed E-state index contributed by atoms with van der Waals surface area (Å²) >= 11 is 0. The maximum atomic E-state index is 13.0. The van der Waals surface area contributed by atoms with Gasteiger partial charge in [-0.15, -0.1) is 0 Å². The van der Waals surface area contributed by atoms with Crippen molar-refractivity contribution in [2.75, 3.05) is 26.2 Å². The lowest BCUT2D eigenvalue weighted by molar-refractivity contribution is -0.0167. The van der Waals surface area contributed by atoms with E-state index in [1.165, 1.54) is 6.92 Å². The van der Waals surface area contributed by atoms with Gasteiger partial charge < -0.3 is 10.0 Å². The van der Waals surface area contributed by atoms with Crippen molar-refractivity contribution in [2.45, 2.75) is 38.5 Å². The number of halogens is 2. The predicted molar refractivity (Wildman–Crippen MR) is 56.1 cm³/mol. The zero-order valence-corrected chi connectivity index (χ0v) is 9.38. The van der Waals surface area contributed by atoms with Gasteiger partial charge in [0.15, 0.2) is 0 Å². The van der Waals surface area contributed by atoms with Crippen LogP contribution in [0.1, 0.15) is 32.6 Å². The molecule has 0 aromatic heterocycles. The third-order valence-corrected chi connectivity index (χ3v) is 3.22. The van der Waals surface area contributed by atoms with Gasteiger partial charge >= 0.3 is 0 Å². The van der Waals surface area contributed by atoms with Crippen LogP contribution in [0, 0.1) is 5.92 Å². The molecule has 1 atom stereocenters. The molecule has 0 aliphatic carbocycles. The second-order valence-electron chi connectivity index (χ2n) is 4.43. The molecule has 0 amide bonds. The first-order valence-corrected chi connectivity index (χ1v) is 5.78. The highest BCUT2D eigenvalue weighted by Gasteiger charge is 2.29. The van der Waals surface area contributed by atoms with E-state index in [-0.39, 0.29) is 19.4 Å². The summed E-state index contributed by atoms with van der Waals surface area (Å²) in [7, 11) is 0. The first-order chi connectivity index (χ1) is 7.07. The molecule has 1 aliphatic heterocycles. The van der Waals surface area contributed by atoms with Gasteiger partial charge in [0, 0.05) is 25.9 Å². The monoisotopic (exact) mass is 221 g/mol. The molecule has 1 N–H and O–H groups in total. The summed E-state index contributed by atoms with van der Waals surface area (Å²) in [4.78, 5) is 2.15. The molecule has 0 saturated carbocycles. The molecule has 0 radical (unpaired) electrons. The Balaban J connectivity index is 2.19. The average Bonchev–Trinajstić information content (AvgIpc) is 2.64. The molecular formula is C11H21F2NO. The van der Waals surface area contributed by atoms with Gasteiger partial charge in [-0.25, -0.2) is 8.78 Å². The van der Waals surface area contributed by atoms with Gasteiger partial charge in [0.1, 0.15) is 0 Å². The van der Waals surface area contributed by atoms with Crippen molar-refractivity contribution in [3.05, 3.63) is 0 Å². The lowest BCUT2D eigenvalue weighted by atomic mass is 9.99. The molecule has 15 heavy (non-hydrogen) atoms. The molecule has 1 fully saturated rings. The van der Waals surface area contributed by atoms with E-state index in [1.807, 2.05) is 0 Å². The van der Waals surface area contributed by atoms with E-state index in [2.05, 4.69) is 4.90 Å². The minimum Gasteiger partial charge on any atom is -0.395 e. The van der Waals surface area contributed by atoms with E-state index in [0.717, 1.165) is 19.5 Å². The molecule has 0 spiro atoms. The van der Waals surface area contributed by atoms with Crippen molar-refractivity contribution in [1.82, 2.24) is 4.90 Å². The van der Waals surface area contributed by atoms with E-state index in [4.69, 9.17) is 5.11 Å². The minimum atomic E-state index is -2.48. The maximum Gasteiger partial charge on any atom is 0.247 e. The minimum absolute atomic E-state index is 0.0150. The zero-order valence-electron chi connectivity index (χ0n) is 9.38. The Bertz CT molecular complexity index is 187. The smallest absolute Gasteiger partial charge is 0.247 e. The molecule has 1 unspecified atom stereocenters. The topological polar surface area (TPSA) is 23.5 Å². The molecule has 90 valence electrons. The summed E-state index contributed by atoms with van der Waals surface area (Å²) in [6, 6.07) is 0. The molecule has 1 saturated heterocycles. The molecule has 4 heteroatoms. The van der Waals surface area contributed by atoms with Crippen LogP contribution in [0.5, 0.6) is 0 Å². The molecule has 0 aromatic rings. The third kappa shape index (κ3) is 4.43. The summed E-state index contributed by atoms with van der Waals surface area (Å²) in [5.41, 5.74) is 0. The van der Waals surface area contributed by atoms with E-state index in [9.17, 15) is 8.78 Å². The van der Waals surface area contributed by atoms with Crippen LogP contribution in [0.4, 0.5) is 8.78 Å². The first kappa shape index (κ1) is 12.8. The van der Waals surface area contributed by atoms with Crippen LogP contribution in [0.3, 0.4) is 0 Å². The third-order valence-electron chi connectivity index (χ3n) is 3.22. The van der Waals surface area contributed by atoms with Crippen molar-refractivity contribution in [3.8, 4) is 0 Å². The number of alkyl halides is 2. The summed E-state index contributed by atoms with van der Waals surface area (Å²) in [6.45, 7) is 4.20. The van der Waals surface area contributed by atoms with E-state index in [0.29, 0.717) is 18.9 Å². The first-order valence-electron chi connectivity index (χ1n) is 5.78. The number of likely N-dealkylation sites (tertiary alicyclic amines) is 1. The van der Waals surface area contributed by atoms with E-state index >= 15 is 0 Å². The maximum absolute atomic E-state index is 13.0. The number of aliphatic hydroxyl groups is 1. The van der Waals surface area contributed by atoms with Crippen LogP contribution in [-0.4, -0.2) is 42.2 Å². The predicted octanol–water partition coefficient (Wildman–Crippen LogP) is 2.13. The van der Waals surface area contributed by atoms with Gasteiger partial charge in [0.05, 0.1) is 6.61 Å². The highest BCUT2D eigenvalue weighted by molar-refractivity contribution is 4.77. The van der Waals surface area contributed by atoms with Crippen LogP contribution < -0.4 is 0 Å². The van der Waals surface area contributed by atoms with Crippen molar-refractivity contribution in [3.63, 3.8) is 0 Å². The summed E-state index contributed by atoms with van der Waals surface area (Å²) in [6.07, 6.45) is 1.57. The van der Waals surface area contributed by atoms with Gasteiger partial charge in [0.2, 0.25) is 5.92 Å². The zero-order chi connectivity index (χ0) is 11.3. The van der Waals surface area contributed by atoms with E-state index in [1.54, 1.807) is 0 Å². The highest BCUT2D eigenvalue weighted by Crippen LogP contribution is 2.29. The van der Waals surface area contributed by atoms with Crippen molar-refractivity contribution < 1.29 is 13.9 Å². The van der Waals surface area contributed by atoms with Crippen LogP contribution in [-0.2, 0) is 0 Å². The Hall–Kier alpha value is -0.220. The number of hydrogen-bond donors (Lipinski definition) is 1. The van der Waals surface area contributed by atoms with Gasteiger partial charge in [-0.1, -0.05) is 6.92 Å². The number of rotatable bonds is 6. The number of aliphatic hydroxyl groups excluding tert-OH is 1. The Morgan fingerprint density at radius 2 is 2.20 bits per heavy atom. The standard InChI is InChI=1S/C11H21F2NO/c1-2-11(12,13)5-3-10-4-6-14(9-10)7-8-15/h10,15H,2-9H2,1H3. The summed E-state index contributed by atoms with van der Waals surface area (Å²) in [5.74, 6) is -2.08. The summed E-state index contributed by atoms with van der Waals surface area (Å²) in [5, 5.41) is 8.75.